The number of hydrogen-bond acceptors (Lipinski definition) is 6. The normalized spacial score (nSPS) is 18.0. The molecule has 3 unspecified atom stereocenters. The summed E-state index contributed by atoms with van der Waals surface area (Å²) in [6.45, 7) is 3.14. The first-order chi connectivity index (χ1) is 12.8. The van der Waals surface area contributed by atoms with Gasteiger partial charge in [0.25, 0.3) is 5.91 Å². The second kappa shape index (κ2) is 7.36. The van der Waals surface area contributed by atoms with Gasteiger partial charge in [0, 0.05) is 16.4 Å². The van der Waals surface area contributed by atoms with E-state index in [1.165, 1.54) is 25.1 Å². The Kier molecular flexibility index (Phi) is 5.13. The standard InChI is InChI=1S/C18H17NO7S/c1-9-17(21)19-13-7-11(3-5-14(13)25-9)16(20)10(2)27(24)8-12-4-6-15(26-12)18(22)23/h3-7,9-10H,8H2,1-2H3,(H,19,21)(H,22,23). The molecule has 9 heteroatoms. The summed E-state index contributed by atoms with van der Waals surface area (Å²) in [6, 6.07) is 7.32. The van der Waals surface area contributed by atoms with Gasteiger partial charge in [-0.25, -0.2) is 4.79 Å². The fourth-order valence-electron chi connectivity index (χ4n) is 2.55. The number of carboxylic acid groups (broad SMARTS) is 1. The van der Waals surface area contributed by atoms with Crippen molar-refractivity contribution >= 4 is 34.1 Å². The summed E-state index contributed by atoms with van der Waals surface area (Å²) in [5, 5.41) is 10.7. The third-order valence-corrected chi connectivity index (χ3v) is 5.69. The average Bonchev–Trinajstić information content (AvgIpc) is 3.10. The van der Waals surface area contributed by atoms with Crippen molar-refractivity contribution in [1.82, 2.24) is 0 Å². The number of amides is 1. The number of carbonyl (C=O) groups is 3. The fourth-order valence-corrected chi connectivity index (χ4v) is 3.61. The van der Waals surface area contributed by atoms with Gasteiger partial charge in [-0.1, -0.05) is 0 Å². The minimum atomic E-state index is -1.62. The van der Waals surface area contributed by atoms with E-state index in [0.717, 1.165) is 0 Å². The van der Waals surface area contributed by atoms with Gasteiger partial charge >= 0.3 is 5.97 Å². The van der Waals surface area contributed by atoms with E-state index in [0.29, 0.717) is 17.0 Å². The third kappa shape index (κ3) is 3.92. The number of furan rings is 1. The summed E-state index contributed by atoms with van der Waals surface area (Å²) >= 11 is 0. The molecule has 27 heavy (non-hydrogen) atoms. The van der Waals surface area contributed by atoms with E-state index < -0.39 is 28.1 Å². The Hall–Kier alpha value is -2.94. The summed E-state index contributed by atoms with van der Waals surface area (Å²) in [6.07, 6.45) is -0.616. The molecule has 0 aliphatic carbocycles. The zero-order chi connectivity index (χ0) is 19.7. The molecule has 0 bridgehead atoms. The molecule has 1 aliphatic rings. The number of carboxylic acids is 1. The van der Waals surface area contributed by atoms with Gasteiger partial charge in [-0.3, -0.25) is 13.8 Å². The lowest BCUT2D eigenvalue weighted by Crippen LogP contribution is -2.34. The van der Waals surface area contributed by atoms with Crippen LogP contribution in [0.4, 0.5) is 5.69 Å². The molecule has 0 saturated heterocycles. The predicted octanol–water partition coefficient (Wildman–Crippen LogP) is 2.22. The van der Waals surface area contributed by atoms with E-state index in [4.69, 9.17) is 14.3 Å². The van der Waals surface area contributed by atoms with Crippen molar-refractivity contribution < 1.29 is 32.9 Å². The quantitative estimate of drug-likeness (QED) is 0.724. The first kappa shape index (κ1) is 18.8. The number of Topliss-reactive ketones (excluding diaryl/α,β-unsaturated/α-hetero) is 1. The predicted molar refractivity (Wildman–Crippen MR) is 96.5 cm³/mol. The monoisotopic (exact) mass is 391 g/mol. The molecule has 2 heterocycles. The van der Waals surface area contributed by atoms with Gasteiger partial charge in [0.2, 0.25) is 5.76 Å². The molecule has 3 atom stereocenters. The minimum Gasteiger partial charge on any atom is -0.479 e. The first-order valence-corrected chi connectivity index (χ1v) is 9.49. The zero-order valence-corrected chi connectivity index (χ0v) is 15.4. The van der Waals surface area contributed by atoms with Crippen molar-refractivity contribution in [2.75, 3.05) is 5.32 Å². The Balaban J connectivity index is 1.73. The summed E-state index contributed by atoms with van der Waals surface area (Å²) in [5.74, 6) is -1.54. The maximum Gasteiger partial charge on any atom is 0.371 e. The van der Waals surface area contributed by atoms with Crippen molar-refractivity contribution in [2.24, 2.45) is 0 Å². The van der Waals surface area contributed by atoms with E-state index in [2.05, 4.69) is 5.32 Å². The molecule has 0 fully saturated rings. The van der Waals surface area contributed by atoms with Crippen LogP contribution in [0.15, 0.2) is 34.7 Å². The summed E-state index contributed by atoms with van der Waals surface area (Å²) in [4.78, 5) is 35.2. The maximum absolute atomic E-state index is 12.7. The molecule has 0 radical (unpaired) electrons. The highest BCUT2D eigenvalue weighted by Crippen LogP contribution is 2.31. The number of nitrogens with one attached hydrogen (secondary N) is 1. The molecular formula is C18H17NO7S. The molecule has 0 spiro atoms. The number of fused-ring (bicyclic) bond motifs is 1. The van der Waals surface area contributed by atoms with Crippen molar-refractivity contribution in [3.63, 3.8) is 0 Å². The Morgan fingerprint density at radius 1 is 1.30 bits per heavy atom. The number of benzene rings is 1. The van der Waals surface area contributed by atoms with Gasteiger partial charge in [0.05, 0.1) is 16.7 Å². The number of ether oxygens (including phenoxy) is 1. The van der Waals surface area contributed by atoms with E-state index in [-0.39, 0.29) is 29.0 Å². The largest absolute Gasteiger partial charge is 0.479 e. The topological polar surface area (TPSA) is 123 Å². The van der Waals surface area contributed by atoms with Crippen LogP contribution in [0.25, 0.3) is 0 Å². The molecule has 1 aliphatic heterocycles. The Labute approximate surface area is 157 Å². The maximum atomic E-state index is 12.7. The van der Waals surface area contributed by atoms with Crippen LogP contribution < -0.4 is 10.1 Å². The molecule has 142 valence electrons. The summed E-state index contributed by atoms with van der Waals surface area (Å²) in [5.41, 5.74) is 0.679. The minimum absolute atomic E-state index is 0.0809. The molecule has 1 aromatic heterocycles. The lowest BCUT2D eigenvalue weighted by atomic mass is 10.1. The number of carbonyl (C=O) groups excluding carboxylic acids is 2. The molecule has 1 amide bonds. The number of rotatable bonds is 6. The number of ketones is 1. The van der Waals surface area contributed by atoms with Crippen LogP contribution in [0, 0.1) is 0 Å². The summed E-state index contributed by atoms with van der Waals surface area (Å²) < 4.78 is 23.0. The van der Waals surface area contributed by atoms with Gasteiger partial charge in [0.1, 0.15) is 11.5 Å². The number of aromatic carboxylic acids is 1. The lowest BCUT2D eigenvalue weighted by Gasteiger charge is -2.23. The van der Waals surface area contributed by atoms with E-state index in [1.807, 2.05) is 0 Å². The van der Waals surface area contributed by atoms with Gasteiger partial charge in [-0.2, -0.15) is 0 Å². The molecule has 2 aromatic rings. The van der Waals surface area contributed by atoms with Crippen molar-refractivity contribution in [3.05, 3.63) is 47.4 Å². The van der Waals surface area contributed by atoms with Gasteiger partial charge in [0.15, 0.2) is 11.9 Å². The average molecular weight is 391 g/mol. The van der Waals surface area contributed by atoms with Gasteiger partial charge in [-0.05, 0) is 44.2 Å². The molecule has 1 aromatic carbocycles. The molecular weight excluding hydrogens is 374 g/mol. The third-order valence-electron chi connectivity index (χ3n) is 4.12. The van der Waals surface area contributed by atoms with Crippen LogP contribution in [0.5, 0.6) is 5.75 Å². The van der Waals surface area contributed by atoms with E-state index in [1.54, 1.807) is 19.1 Å². The van der Waals surface area contributed by atoms with Crippen LogP contribution in [-0.4, -0.2) is 38.3 Å². The lowest BCUT2D eigenvalue weighted by molar-refractivity contribution is -0.122. The second-order valence-corrected chi connectivity index (χ2v) is 7.82. The zero-order valence-electron chi connectivity index (χ0n) is 14.6. The van der Waals surface area contributed by atoms with Crippen LogP contribution in [-0.2, 0) is 21.3 Å². The molecule has 3 rings (SSSR count). The molecule has 2 N–H and O–H groups in total. The van der Waals surface area contributed by atoms with Crippen LogP contribution >= 0.6 is 0 Å². The van der Waals surface area contributed by atoms with Crippen LogP contribution in [0.1, 0.15) is 40.5 Å². The fraction of sp³-hybridized carbons (Fsp3) is 0.278. The number of anilines is 1. The highest BCUT2D eigenvalue weighted by atomic mass is 32.2. The Morgan fingerprint density at radius 2 is 2.04 bits per heavy atom. The SMILES string of the molecule is CC1Oc2ccc(C(=O)C(C)S(=O)Cc3ccc(C(=O)O)o3)cc2NC1=O. The summed E-state index contributed by atoms with van der Waals surface area (Å²) in [7, 11) is -1.62. The van der Waals surface area contributed by atoms with Crippen molar-refractivity contribution in [1.29, 1.82) is 0 Å². The number of hydrogen-bond donors (Lipinski definition) is 2. The molecule has 8 nitrogen and oxygen atoms in total. The van der Waals surface area contributed by atoms with Gasteiger partial charge < -0.3 is 19.6 Å². The highest BCUT2D eigenvalue weighted by Gasteiger charge is 2.27. The highest BCUT2D eigenvalue weighted by molar-refractivity contribution is 7.85. The second-order valence-electron chi connectivity index (χ2n) is 6.06. The van der Waals surface area contributed by atoms with Crippen LogP contribution in [0.3, 0.4) is 0 Å². The Morgan fingerprint density at radius 3 is 2.70 bits per heavy atom. The van der Waals surface area contributed by atoms with Crippen LogP contribution in [0.2, 0.25) is 0 Å². The Bertz CT molecular complexity index is 949. The van der Waals surface area contributed by atoms with Gasteiger partial charge in [-0.15, -0.1) is 0 Å². The van der Waals surface area contributed by atoms with E-state index in [9.17, 15) is 18.6 Å². The smallest absolute Gasteiger partial charge is 0.371 e. The van der Waals surface area contributed by atoms with Crippen molar-refractivity contribution in [2.45, 2.75) is 31.0 Å². The van der Waals surface area contributed by atoms with Crippen molar-refractivity contribution in [3.8, 4) is 5.75 Å². The first-order valence-electron chi connectivity index (χ1n) is 8.11. The molecule has 0 saturated carbocycles. The van der Waals surface area contributed by atoms with E-state index >= 15 is 0 Å².